The van der Waals surface area contributed by atoms with E-state index in [4.69, 9.17) is 0 Å². The average Bonchev–Trinajstić information content (AvgIpc) is 3.32. The molecule has 0 radical (unpaired) electrons. The lowest BCUT2D eigenvalue weighted by Crippen LogP contribution is -2.22. The molecule has 1 aromatic heterocycles. The van der Waals surface area contributed by atoms with Crippen molar-refractivity contribution in [3.8, 4) is 17.1 Å². The molecule has 0 bridgehead atoms. The van der Waals surface area contributed by atoms with Crippen LogP contribution in [0.3, 0.4) is 0 Å². The Morgan fingerprint density at radius 2 is 1.65 bits per heavy atom. The summed E-state index contributed by atoms with van der Waals surface area (Å²) in [7, 11) is 0. The van der Waals surface area contributed by atoms with Crippen molar-refractivity contribution in [1.82, 2.24) is 20.2 Å². The molecule has 4 aromatic rings. The minimum absolute atomic E-state index is 0.0435. The number of thioether (sulfide) groups is 1. The Morgan fingerprint density at radius 3 is 2.27 bits per heavy atom. The van der Waals surface area contributed by atoms with Gasteiger partial charge in [-0.15, -0.1) is 10.2 Å². The van der Waals surface area contributed by atoms with Gasteiger partial charge in [-0.1, -0.05) is 99.3 Å². The van der Waals surface area contributed by atoms with Crippen molar-refractivity contribution >= 4 is 29.9 Å². The number of carbonyl (C=O) groups is 2. The van der Waals surface area contributed by atoms with Crippen LogP contribution < -0.4 is 10.5 Å². The lowest BCUT2D eigenvalue weighted by Gasteiger charge is -2.19. The second kappa shape index (κ2) is 11.2. The zero-order valence-corrected chi connectivity index (χ0v) is 21.5. The summed E-state index contributed by atoms with van der Waals surface area (Å²) in [5.74, 6) is -0.796. The second-order valence-electron chi connectivity index (χ2n) is 9.30. The second-order valence-corrected chi connectivity index (χ2v) is 10.2. The van der Waals surface area contributed by atoms with Gasteiger partial charge in [0.15, 0.2) is 11.0 Å². The number of nitrogens with one attached hydrogen (secondary N) is 1. The van der Waals surface area contributed by atoms with Crippen molar-refractivity contribution in [1.29, 1.82) is 0 Å². The van der Waals surface area contributed by atoms with E-state index in [-0.39, 0.29) is 22.6 Å². The van der Waals surface area contributed by atoms with E-state index in [1.165, 1.54) is 35.7 Å². The molecule has 0 aliphatic heterocycles. The summed E-state index contributed by atoms with van der Waals surface area (Å²) in [6, 6.07) is 24.0. The molecule has 1 amide bonds. The molecule has 188 valence electrons. The van der Waals surface area contributed by atoms with E-state index in [2.05, 4.69) is 53.6 Å². The first-order valence-electron chi connectivity index (χ1n) is 11.6. The zero-order valence-electron chi connectivity index (χ0n) is 20.7. The fraction of sp³-hybridized carbons (Fsp3) is 0.179. The van der Waals surface area contributed by atoms with Crippen LogP contribution in [-0.2, 0) is 10.2 Å². The summed E-state index contributed by atoms with van der Waals surface area (Å²) >= 11 is 1.26. The monoisotopic (exact) mass is 512 g/mol. The van der Waals surface area contributed by atoms with Gasteiger partial charge in [0, 0.05) is 11.3 Å². The van der Waals surface area contributed by atoms with Gasteiger partial charge in [0.1, 0.15) is 0 Å². The maximum atomic E-state index is 12.4. The molecule has 1 heterocycles. The van der Waals surface area contributed by atoms with Crippen LogP contribution in [0.2, 0.25) is 0 Å². The predicted octanol–water partition coefficient (Wildman–Crippen LogP) is 3.84. The van der Waals surface area contributed by atoms with Gasteiger partial charge in [-0.3, -0.25) is 9.36 Å². The van der Waals surface area contributed by atoms with Crippen LogP contribution in [0.15, 0.2) is 89.1 Å². The van der Waals surface area contributed by atoms with Crippen LogP contribution in [0.25, 0.3) is 17.1 Å². The Morgan fingerprint density at radius 1 is 0.973 bits per heavy atom. The van der Waals surface area contributed by atoms with Gasteiger partial charge in [-0.25, -0.2) is 5.43 Å². The molecule has 0 unspecified atom stereocenters. The van der Waals surface area contributed by atoms with Crippen LogP contribution in [0.5, 0.6) is 0 Å². The highest BCUT2D eigenvalue weighted by atomic mass is 32.2. The van der Waals surface area contributed by atoms with Crippen LogP contribution in [-0.4, -0.2) is 38.6 Å². The van der Waals surface area contributed by atoms with Crippen LogP contribution in [0.4, 0.5) is 0 Å². The van der Waals surface area contributed by atoms with E-state index < -0.39 is 5.97 Å². The first kappa shape index (κ1) is 25.8. The van der Waals surface area contributed by atoms with Gasteiger partial charge in [0.25, 0.3) is 5.91 Å². The molecule has 4 rings (SSSR count). The third-order valence-corrected chi connectivity index (χ3v) is 6.47. The summed E-state index contributed by atoms with van der Waals surface area (Å²) in [5, 5.41) is 24.2. The van der Waals surface area contributed by atoms with Gasteiger partial charge in [0.2, 0.25) is 0 Å². The molecule has 0 fully saturated rings. The number of benzene rings is 3. The van der Waals surface area contributed by atoms with Gasteiger partial charge >= 0.3 is 0 Å². The number of aromatic carboxylic acids is 1. The van der Waals surface area contributed by atoms with Crippen LogP contribution >= 0.6 is 11.8 Å². The highest BCUT2D eigenvalue weighted by molar-refractivity contribution is 7.99. The number of para-hydroxylation sites is 1. The van der Waals surface area contributed by atoms with E-state index in [1.54, 1.807) is 12.1 Å². The summed E-state index contributed by atoms with van der Waals surface area (Å²) in [6.45, 7) is 6.52. The molecule has 0 aliphatic rings. The maximum absolute atomic E-state index is 12.4. The Hall–Kier alpha value is -4.24. The molecule has 3 aromatic carbocycles. The predicted molar refractivity (Wildman–Crippen MR) is 143 cm³/mol. The lowest BCUT2D eigenvalue weighted by molar-refractivity contribution is -0.255. The largest absolute Gasteiger partial charge is 0.545 e. The molecule has 0 saturated carbocycles. The molecule has 8 nitrogen and oxygen atoms in total. The standard InChI is InChI=1S/C28H27N5O3S/c1-28(2,3)22-15-13-20(14-16-22)25-31-32-27(33(25)23-7-5-4-6-8-23)37-18-24(34)30-29-17-19-9-11-21(12-10-19)26(35)36/h4-17H,18H2,1-3H3,(H,30,34)(H,35,36)/p-1. The van der Waals surface area contributed by atoms with Crippen molar-refractivity contribution in [2.75, 3.05) is 5.75 Å². The average molecular weight is 513 g/mol. The van der Waals surface area contributed by atoms with E-state index >= 15 is 0 Å². The SMILES string of the molecule is CC(C)(C)c1ccc(-c2nnc(SCC(=O)NN=Cc3ccc(C(=O)[O-])cc3)n2-c2ccccc2)cc1. The molecule has 1 N–H and O–H groups in total. The fourth-order valence-corrected chi connectivity index (χ4v) is 4.27. The zero-order chi connectivity index (χ0) is 26.4. The number of carboxylic acids is 1. The fourth-order valence-electron chi connectivity index (χ4n) is 3.53. The van der Waals surface area contributed by atoms with Crippen LogP contribution in [0, 0.1) is 0 Å². The van der Waals surface area contributed by atoms with Gasteiger partial charge in [0.05, 0.1) is 17.9 Å². The number of hydrazone groups is 1. The minimum Gasteiger partial charge on any atom is -0.545 e. The first-order valence-corrected chi connectivity index (χ1v) is 12.6. The van der Waals surface area contributed by atoms with Crippen molar-refractivity contribution in [2.45, 2.75) is 31.3 Å². The number of carbonyl (C=O) groups excluding carboxylic acids is 2. The van der Waals surface area contributed by atoms with E-state index in [0.717, 1.165) is 11.3 Å². The van der Waals surface area contributed by atoms with Crippen LogP contribution in [0.1, 0.15) is 42.3 Å². The van der Waals surface area contributed by atoms with Gasteiger partial charge < -0.3 is 9.90 Å². The number of nitrogens with zero attached hydrogens (tertiary/aromatic N) is 4. The molecule has 0 atom stereocenters. The van der Waals surface area contributed by atoms with E-state index in [1.807, 2.05) is 47.0 Å². The van der Waals surface area contributed by atoms with Gasteiger partial charge in [-0.2, -0.15) is 5.10 Å². The Balaban J connectivity index is 1.48. The smallest absolute Gasteiger partial charge is 0.250 e. The molecule has 0 saturated heterocycles. The molecular weight excluding hydrogens is 486 g/mol. The Bertz CT molecular complexity index is 1410. The number of carboxylic acid groups (broad SMARTS) is 1. The molecular formula is C28H26N5O3S-. The number of hydrogen-bond donors (Lipinski definition) is 1. The number of aromatic nitrogens is 3. The summed E-state index contributed by atoms with van der Waals surface area (Å²) in [5.41, 5.74) is 6.28. The van der Waals surface area contributed by atoms with Gasteiger partial charge in [-0.05, 0) is 34.2 Å². The van der Waals surface area contributed by atoms with Crippen molar-refractivity contribution in [3.63, 3.8) is 0 Å². The first-order chi connectivity index (χ1) is 17.7. The van der Waals surface area contributed by atoms with Crippen molar-refractivity contribution in [2.24, 2.45) is 5.10 Å². The number of hydrogen-bond acceptors (Lipinski definition) is 7. The van der Waals surface area contributed by atoms with E-state index in [9.17, 15) is 14.7 Å². The maximum Gasteiger partial charge on any atom is 0.250 e. The number of amides is 1. The minimum atomic E-state index is -1.25. The topological polar surface area (TPSA) is 112 Å². The van der Waals surface area contributed by atoms with E-state index in [0.29, 0.717) is 16.5 Å². The highest BCUT2D eigenvalue weighted by Crippen LogP contribution is 2.30. The highest BCUT2D eigenvalue weighted by Gasteiger charge is 2.19. The summed E-state index contributed by atoms with van der Waals surface area (Å²) < 4.78 is 1.94. The molecule has 0 spiro atoms. The summed E-state index contributed by atoms with van der Waals surface area (Å²) in [6.07, 6.45) is 1.44. The third kappa shape index (κ3) is 6.50. The molecule has 9 heteroatoms. The Labute approximate surface area is 219 Å². The Kier molecular flexibility index (Phi) is 7.83. The van der Waals surface area contributed by atoms with Crippen molar-refractivity contribution in [3.05, 3.63) is 95.6 Å². The molecule has 37 heavy (non-hydrogen) atoms. The third-order valence-electron chi connectivity index (χ3n) is 5.54. The summed E-state index contributed by atoms with van der Waals surface area (Å²) in [4.78, 5) is 23.3. The molecule has 0 aliphatic carbocycles. The normalized spacial score (nSPS) is 11.5. The lowest BCUT2D eigenvalue weighted by atomic mass is 9.87. The number of rotatable bonds is 8. The quantitative estimate of drug-likeness (QED) is 0.218. The van der Waals surface area contributed by atoms with Crippen molar-refractivity contribution < 1.29 is 14.7 Å².